The molecule has 1 N–H and O–H groups in total. The van der Waals surface area contributed by atoms with Crippen LogP contribution in [-0.4, -0.2) is 74.7 Å². The van der Waals surface area contributed by atoms with E-state index in [1.54, 1.807) is 54.3 Å². The average molecular weight is 487 g/mol. The maximum Gasteiger partial charge on any atom is 0.271 e. The molecule has 0 radical (unpaired) electrons. The summed E-state index contributed by atoms with van der Waals surface area (Å²) in [5.74, 6) is 0.882. The van der Waals surface area contributed by atoms with E-state index < -0.39 is 10.0 Å². The van der Waals surface area contributed by atoms with Gasteiger partial charge in [-0.15, -0.1) is 0 Å². The first kappa shape index (κ1) is 23.7. The molecule has 0 spiro atoms. The van der Waals surface area contributed by atoms with Crippen molar-refractivity contribution in [2.24, 2.45) is 0 Å². The van der Waals surface area contributed by atoms with E-state index in [1.807, 2.05) is 12.1 Å². The Labute approximate surface area is 198 Å². The molecule has 1 aliphatic rings. The summed E-state index contributed by atoms with van der Waals surface area (Å²) in [7, 11) is -2.00. The van der Waals surface area contributed by atoms with E-state index >= 15 is 0 Å². The molecule has 0 atom stereocenters. The van der Waals surface area contributed by atoms with Gasteiger partial charge in [-0.25, -0.2) is 13.4 Å². The molecular weight excluding hydrogens is 460 g/mol. The predicted molar refractivity (Wildman–Crippen MR) is 124 cm³/mol. The molecule has 0 bridgehead atoms. The first-order valence-electron chi connectivity index (χ1n) is 10.8. The van der Waals surface area contributed by atoms with E-state index in [9.17, 15) is 13.2 Å². The molecule has 0 aliphatic carbocycles. The molecule has 0 saturated carbocycles. The monoisotopic (exact) mass is 486 g/mol. The Morgan fingerprint density at radius 2 is 1.79 bits per heavy atom. The summed E-state index contributed by atoms with van der Waals surface area (Å²) in [6.45, 7) is 2.03. The maximum atomic E-state index is 12.8. The number of benzene rings is 2. The summed E-state index contributed by atoms with van der Waals surface area (Å²) in [4.78, 5) is 16.8. The number of methoxy groups -OCH3 is 1. The van der Waals surface area contributed by atoms with Crippen LogP contribution in [-0.2, 0) is 14.8 Å². The van der Waals surface area contributed by atoms with Gasteiger partial charge in [0.15, 0.2) is 11.5 Å². The van der Waals surface area contributed by atoms with Crippen molar-refractivity contribution in [2.75, 3.05) is 46.6 Å². The van der Waals surface area contributed by atoms with Crippen LogP contribution in [0.3, 0.4) is 0 Å². The van der Waals surface area contributed by atoms with Crippen LogP contribution in [0.1, 0.15) is 10.5 Å². The number of hydrogen-bond acceptors (Lipinski definition) is 7. The largest absolute Gasteiger partial charge is 0.493 e. The first-order chi connectivity index (χ1) is 16.5. The normalized spacial score (nSPS) is 14.5. The van der Waals surface area contributed by atoms with Gasteiger partial charge in [-0.2, -0.15) is 4.31 Å². The third-order valence-electron chi connectivity index (χ3n) is 5.27. The number of imidazole rings is 1. The number of rotatable bonds is 9. The predicted octanol–water partition coefficient (Wildman–Crippen LogP) is 1.71. The van der Waals surface area contributed by atoms with E-state index in [-0.39, 0.29) is 29.6 Å². The highest BCUT2D eigenvalue weighted by Gasteiger charge is 2.26. The molecule has 1 saturated heterocycles. The number of aromatic nitrogens is 2. The van der Waals surface area contributed by atoms with Crippen LogP contribution in [0, 0.1) is 0 Å². The molecule has 3 aromatic rings. The van der Waals surface area contributed by atoms with Crippen molar-refractivity contribution < 1.29 is 27.4 Å². The Morgan fingerprint density at radius 1 is 1.09 bits per heavy atom. The highest BCUT2D eigenvalue weighted by Crippen LogP contribution is 2.25. The minimum atomic E-state index is -3.56. The van der Waals surface area contributed by atoms with E-state index in [2.05, 4.69) is 10.3 Å². The second kappa shape index (κ2) is 10.7. The van der Waals surface area contributed by atoms with Crippen LogP contribution in [0.25, 0.3) is 5.69 Å². The van der Waals surface area contributed by atoms with Crippen LogP contribution < -0.4 is 14.8 Å². The van der Waals surface area contributed by atoms with E-state index in [0.717, 1.165) is 0 Å². The van der Waals surface area contributed by atoms with Crippen LogP contribution in [0.4, 0.5) is 0 Å². The number of nitrogens with one attached hydrogen (secondary N) is 1. The summed E-state index contributed by atoms with van der Waals surface area (Å²) in [5.41, 5.74) is 0.925. The third-order valence-corrected chi connectivity index (χ3v) is 7.19. The highest BCUT2D eigenvalue weighted by molar-refractivity contribution is 7.89. The van der Waals surface area contributed by atoms with Gasteiger partial charge in [-0.05, 0) is 36.4 Å². The fourth-order valence-electron chi connectivity index (χ4n) is 3.46. The third kappa shape index (κ3) is 5.38. The quantitative estimate of drug-likeness (QED) is 0.458. The zero-order chi connectivity index (χ0) is 24.0. The maximum absolute atomic E-state index is 12.8. The molecule has 1 amide bonds. The number of carbonyl (C=O) groups excluding carboxylic acids is 1. The molecule has 4 rings (SSSR count). The SMILES string of the molecule is COc1ccccc1OCCNC(=O)c1cn(-c2ccc(S(=O)(=O)N3CCOCC3)cc2)cn1. The lowest BCUT2D eigenvalue weighted by Crippen LogP contribution is -2.40. The molecule has 1 fully saturated rings. The lowest BCUT2D eigenvalue weighted by Gasteiger charge is -2.26. The molecule has 1 aromatic heterocycles. The van der Waals surface area contributed by atoms with Crippen molar-refractivity contribution in [2.45, 2.75) is 4.90 Å². The van der Waals surface area contributed by atoms with Gasteiger partial charge >= 0.3 is 0 Å². The van der Waals surface area contributed by atoms with E-state index in [4.69, 9.17) is 14.2 Å². The lowest BCUT2D eigenvalue weighted by molar-refractivity contribution is 0.0730. The van der Waals surface area contributed by atoms with Crippen LogP contribution >= 0.6 is 0 Å². The molecule has 34 heavy (non-hydrogen) atoms. The first-order valence-corrected chi connectivity index (χ1v) is 12.2. The molecule has 1 aliphatic heterocycles. The minimum Gasteiger partial charge on any atom is -0.493 e. The van der Waals surface area contributed by atoms with Crippen LogP contribution in [0.5, 0.6) is 11.5 Å². The number of carbonyl (C=O) groups is 1. The van der Waals surface area contributed by atoms with Crippen molar-refractivity contribution in [3.63, 3.8) is 0 Å². The van der Waals surface area contributed by atoms with Crippen molar-refractivity contribution in [3.8, 4) is 17.2 Å². The van der Waals surface area contributed by atoms with Gasteiger partial charge in [-0.3, -0.25) is 4.79 Å². The Morgan fingerprint density at radius 3 is 2.50 bits per heavy atom. The number of morpholine rings is 1. The van der Waals surface area contributed by atoms with Crippen molar-refractivity contribution >= 4 is 15.9 Å². The highest BCUT2D eigenvalue weighted by atomic mass is 32.2. The summed E-state index contributed by atoms with van der Waals surface area (Å²) >= 11 is 0. The molecule has 11 heteroatoms. The Balaban J connectivity index is 1.33. The van der Waals surface area contributed by atoms with Crippen LogP contribution in [0.2, 0.25) is 0 Å². The van der Waals surface area contributed by atoms with Crippen molar-refractivity contribution in [1.82, 2.24) is 19.2 Å². The Kier molecular flexibility index (Phi) is 7.46. The summed E-state index contributed by atoms with van der Waals surface area (Å²) in [6, 6.07) is 13.7. The fourth-order valence-corrected chi connectivity index (χ4v) is 4.87. The second-order valence-electron chi connectivity index (χ2n) is 7.43. The van der Waals surface area contributed by atoms with Gasteiger partial charge < -0.3 is 24.1 Å². The van der Waals surface area contributed by atoms with Gasteiger partial charge in [0.05, 0.1) is 31.8 Å². The van der Waals surface area contributed by atoms with E-state index in [1.165, 1.54) is 10.6 Å². The molecule has 180 valence electrons. The topological polar surface area (TPSA) is 112 Å². The standard InChI is InChI=1S/C23H26N4O6S/c1-31-21-4-2-3-5-22(21)33-13-10-24-23(28)20-16-26(17-25-20)18-6-8-19(9-7-18)34(29,30)27-11-14-32-15-12-27/h2-9,16-17H,10-15H2,1H3,(H,24,28). The zero-order valence-electron chi connectivity index (χ0n) is 18.7. The lowest BCUT2D eigenvalue weighted by atomic mass is 10.3. The number of hydrogen-bond donors (Lipinski definition) is 1. The van der Waals surface area contributed by atoms with Gasteiger partial charge in [0, 0.05) is 25.0 Å². The van der Waals surface area contributed by atoms with Crippen molar-refractivity contribution in [3.05, 3.63) is 66.7 Å². The minimum absolute atomic E-state index is 0.214. The van der Waals surface area contributed by atoms with Crippen molar-refractivity contribution in [1.29, 1.82) is 0 Å². The summed E-state index contributed by atoms with van der Waals surface area (Å²) in [5, 5.41) is 2.76. The second-order valence-corrected chi connectivity index (χ2v) is 9.37. The van der Waals surface area contributed by atoms with E-state index in [0.29, 0.717) is 43.5 Å². The van der Waals surface area contributed by atoms with Gasteiger partial charge in [0.2, 0.25) is 10.0 Å². The molecule has 2 heterocycles. The van der Waals surface area contributed by atoms with Gasteiger partial charge in [-0.1, -0.05) is 12.1 Å². The van der Waals surface area contributed by atoms with Gasteiger partial charge in [0.25, 0.3) is 5.91 Å². The fraction of sp³-hybridized carbons (Fsp3) is 0.304. The zero-order valence-corrected chi connectivity index (χ0v) is 19.5. The molecule has 0 unspecified atom stereocenters. The smallest absolute Gasteiger partial charge is 0.271 e. The number of amides is 1. The molecule has 2 aromatic carbocycles. The number of para-hydroxylation sites is 2. The number of ether oxygens (including phenoxy) is 3. The van der Waals surface area contributed by atoms with Gasteiger partial charge in [0.1, 0.15) is 18.6 Å². The molecular formula is C23H26N4O6S. The average Bonchev–Trinajstić information content (AvgIpc) is 3.38. The van der Waals surface area contributed by atoms with Crippen LogP contribution in [0.15, 0.2) is 66.0 Å². The Bertz CT molecular complexity index is 1220. The number of nitrogens with zero attached hydrogens (tertiary/aromatic N) is 3. The Hall–Kier alpha value is -3.41. The number of sulfonamides is 1. The summed E-state index contributed by atoms with van der Waals surface area (Å²) in [6.07, 6.45) is 3.09. The summed E-state index contributed by atoms with van der Waals surface area (Å²) < 4.78 is 44.7. The molecule has 10 nitrogen and oxygen atoms in total.